The number of carboxylic acids is 1. The van der Waals surface area contributed by atoms with Gasteiger partial charge in [-0.3, -0.25) is 9.59 Å². The maximum absolute atomic E-state index is 13.1. The SMILES string of the molecule is NCCCOc1ccccc1C(=O)Nc1ccc(C(=O)NC2CCCCC2)cc1COCC(=O)O. The topological polar surface area (TPSA) is 140 Å². The van der Waals surface area contributed by atoms with Crippen LogP contribution in [0.4, 0.5) is 5.69 Å². The van der Waals surface area contributed by atoms with Gasteiger partial charge in [0.05, 0.1) is 18.8 Å². The quantitative estimate of drug-likeness (QED) is 0.340. The van der Waals surface area contributed by atoms with Crippen LogP contribution < -0.4 is 21.1 Å². The van der Waals surface area contributed by atoms with Crippen molar-refractivity contribution in [2.45, 2.75) is 51.2 Å². The summed E-state index contributed by atoms with van der Waals surface area (Å²) in [6.45, 7) is 0.291. The van der Waals surface area contributed by atoms with Crippen molar-refractivity contribution in [3.63, 3.8) is 0 Å². The monoisotopic (exact) mass is 483 g/mol. The summed E-state index contributed by atoms with van der Waals surface area (Å²) in [6, 6.07) is 11.9. The van der Waals surface area contributed by atoms with E-state index in [0.29, 0.717) is 47.7 Å². The molecule has 1 aliphatic rings. The van der Waals surface area contributed by atoms with E-state index in [-0.39, 0.29) is 18.6 Å². The molecule has 9 heteroatoms. The predicted molar refractivity (Wildman–Crippen MR) is 132 cm³/mol. The Bertz CT molecular complexity index is 1020. The zero-order chi connectivity index (χ0) is 25.0. The van der Waals surface area contributed by atoms with Crippen LogP contribution in [-0.4, -0.2) is 48.7 Å². The predicted octanol–water partition coefficient (Wildman–Crippen LogP) is 3.33. The number of carbonyl (C=O) groups is 3. The first kappa shape index (κ1) is 26.2. The van der Waals surface area contributed by atoms with Crippen molar-refractivity contribution < 1.29 is 29.0 Å². The second kappa shape index (κ2) is 13.5. The number of nitrogens with two attached hydrogens (primary N) is 1. The van der Waals surface area contributed by atoms with Crippen LogP contribution in [0.5, 0.6) is 5.75 Å². The molecule has 9 nitrogen and oxygen atoms in total. The van der Waals surface area contributed by atoms with Crippen LogP contribution in [-0.2, 0) is 16.1 Å². The first-order valence-corrected chi connectivity index (χ1v) is 11.9. The number of ether oxygens (including phenoxy) is 2. The summed E-state index contributed by atoms with van der Waals surface area (Å²) in [5.74, 6) is -1.27. The smallest absolute Gasteiger partial charge is 0.329 e. The van der Waals surface area contributed by atoms with E-state index < -0.39 is 18.5 Å². The van der Waals surface area contributed by atoms with Gasteiger partial charge in [-0.15, -0.1) is 0 Å². The highest BCUT2D eigenvalue weighted by Crippen LogP contribution is 2.24. The molecule has 0 bridgehead atoms. The number of rotatable bonds is 12. The maximum atomic E-state index is 13.1. The zero-order valence-corrected chi connectivity index (χ0v) is 19.8. The summed E-state index contributed by atoms with van der Waals surface area (Å²) < 4.78 is 11.0. The molecule has 35 heavy (non-hydrogen) atoms. The number of hydrogen-bond donors (Lipinski definition) is 4. The lowest BCUT2D eigenvalue weighted by molar-refractivity contribution is -0.142. The lowest BCUT2D eigenvalue weighted by Gasteiger charge is -2.23. The van der Waals surface area contributed by atoms with Gasteiger partial charge in [-0.2, -0.15) is 0 Å². The Morgan fingerprint density at radius 1 is 1.03 bits per heavy atom. The third-order valence-electron chi connectivity index (χ3n) is 5.78. The third kappa shape index (κ3) is 8.08. The molecule has 0 atom stereocenters. The fourth-order valence-electron chi connectivity index (χ4n) is 3.98. The highest BCUT2D eigenvalue weighted by molar-refractivity contribution is 6.07. The van der Waals surface area contributed by atoms with Crippen molar-refractivity contribution in [1.29, 1.82) is 0 Å². The van der Waals surface area contributed by atoms with E-state index in [2.05, 4.69) is 10.6 Å². The first-order chi connectivity index (χ1) is 17.0. The standard InChI is InChI=1S/C26H33N3O6/c27-13-6-14-35-23-10-5-4-9-21(23)26(33)29-22-12-11-18(15-19(22)16-34-17-24(30)31)25(32)28-20-7-2-1-3-8-20/h4-5,9-12,15,20H,1-3,6-8,13-14,16-17,27H2,(H,28,32)(H,29,33)(H,30,31). The second-order valence-electron chi connectivity index (χ2n) is 8.51. The van der Waals surface area contributed by atoms with Gasteiger partial charge >= 0.3 is 5.97 Å². The van der Waals surface area contributed by atoms with E-state index in [0.717, 1.165) is 25.7 Å². The molecule has 3 rings (SSSR count). The molecule has 2 amide bonds. The number of amides is 2. The Kier molecular flexibility index (Phi) is 10.1. The van der Waals surface area contributed by atoms with E-state index in [1.54, 1.807) is 42.5 Å². The average molecular weight is 484 g/mol. The molecule has 0 heterocycles. The number of anilines is 1. The molecule has 5 N–H and O–H groups in total. The average Bonchev–Trinajstić information content (AvgIpc) is 2.85. The molecular formula is C26H33N3O6. The normalized spacial score (nSPS) is 13.7. The van der Waals surface area contributed by atoms with Crippen LogP contribution in [0, 0.1) is 0 Å². The molecule has 2 aromatic carbocycles. The van der Waals surface area contributed by atoms with Crippen LogP contribution in [0.3, 0.4) is 0 Å². The number of aliphatic carboxylic acids is 1. The van der Waals surface area contributed by atoms with Crippen molar-refractivity contribution in [3.05, 3.63) is 59.2 Å². The molecule has 0 unspecified atom stereocenters. The number of para-hydroxylation sites is 1. The van der Waals surface area contributed by atoms with Crippen LogP contribution in [0.15, 0.2) is 42.5 Å². The molecule has 1 aliphatic carbocycles. The summed E-state index contributed by atoms with van der Waals surface area (Å²) >= 11 is 0. The minimum absolute atomic E-state index is 0.0822. The number of hydrogen-bond acceptors (Lipinski definition) is 6. The summed E-state index contributed by atoms with van der Waals surface area (Å²) in [5, 5.41) is 14.8. The summed E-state index contributed by atoms with van der Waals surface area (Å²) in [6.07, 6.45) is 5.96. The van der Waals surface area contributed by atoms with Crippen molar-refractivity contribution >= 4 is 23.5 Å². The molecular weight excluding hydrogens is 450 g/mol. The highest BCUT2D eigenvalue weighted by atomic mass is 16.5. The van der Waals surface area contributed by atoms with Crippen LogP contribution in [0.1, 0.15) is 64.8 Å². The molecule has 0 saturated heterocycles. The number of nitrogens with one attached hydrogen (secondary N) is 2. The van der Waals surface area contributed by atoms with Crippen molar-refractivity contribution in [3.8, 4) is 5.75 Å². The minimum atomic E-state index is -1.11. The van der Waals surface area contributed by atoms with Gasteiger partial charge in [-0.05, 0) is 56.1 Å². The Morgan fingerprint density at radius 2 is 1.80 bits per heavy atom. The van der Waals surface area contributed by atoms with Gasteiger partial charge in [0.15, 0.2) is 0 Å². The summed E-state index contributed by atoms with van der Waals surface area (Å²) in [7, 11) is 0. The van der Waals surface area contributed by atoms with Gasteiger partial charge in [0, 0.05) is 22.9 Å². The molecule has 0 spiro atoms. The van der Waals surface area contributed by atoms with Crippen LogP contribution >= 0.6 is 0 Å². The van der Waals surface area contributed by atoms with Gasteiger partial charge in [0.1, 0.15) is 12.4 Å². The lowest BCUT2D eigenvalue weighted by Crippen LogP contribution is -2.36. The number of carboxylic acid groups (broad SMARTS) is 1. The lowest BCUT2D eigenvalue weighted by atomic mass is 9.95. The Morgan fingerprint density at radius 3 is 2.54 bits per heavy atom. The molecule has 0 radical (unpaired) electrons. The zero-order valence-electron chi connectivity index (χ0n) is 19.8. The minimum Gasteiger partial charge on any atom is -0.493 e. The van der Waals surface area contributed by atoms with Crippen LogP contribution in [0.2, 0.25) is 0 Å². The molecule has 2 aromatic rings. The van der Waals surface area contributed by atoms with Crippen molar-refractivity contribution in [2.75, 3.05) is 25.1 Å². The highest BCUT2D eigenvalue weighted by Gasteiger charge is 2.19. The maximum Gasteiger partial charge on any atom is 0.329 e. The third-order valence-corrected chi connectivity index (χ3v) is 5.78. The first-order valence-electron chi connectivity index (χ1n) is 11.9. The summed E-state index contributed by atoms with van der Waals surface area (Å²) in [4.78, 5) is 36.8. The van der Waals surface area contributed by atoms with Crippen LogP contribution in [0.25, 0.3) is 0 Å². The molecule has 0 aromatic heterocycles. The fourth-order valence-corrected chi connectivity index (χ4v) is 3.98. The van der Waals surface area contributed by atoms with Gasteiger partial charge < -0.3 is 30.9 Å². The largest absolute Gasteiger partial charge is 0.493 e. The van der Waals surface area contributed by atoms with E-state index in [1.807, 2.05) is 0 Å². The van der Waals surface area contributed by atoms with E-state index >= 15 is 0 Å². The number of carbonyl (C=O) groups excluding carboxylic acids is 2. The molecule has 0 aliphatic heterocycles. The Hall–Kier alpha value is -3.43. The fraction of sp³-hybridized carbons (Fsp3) is 0.423. The van der Waals surface area contributed by atoms with Crippen molar-refractivity contribution in [2.24, 2.45) is 5.73 Å². The van der Waals surface area contributed by atoms with Gasteiger partial charge in [-0.1, -0.05) is 31.4 Å². The van der Waals surface area contributed by atoms with E-state index in [4.69, 9.17) is 20.3 Å². The Balaban J connectivity index is 1.77. The number of benzene rings is 2. The van der Waals surface area contributed by atoms with E-state index in [1.165, 1.54) is 6.42 Å². The molecule has 188 valence electrons. The molecule has 1 fully saturated rings. The second-order valence-corrected chi connectivity index (χ2v) is 8.51. The van der Waals surface area contributed by atoms with Gasteiger partial charge in [0.25, 0.3) is 11.8 Å². The Labute approximate surface area is 205 Å². The summed E-state index contributed by atoms with van der Waals surface area (Å²) in [5.41, 5.74) is 7.21. The van der Waals surface area contributed by atoms with Gasteiger partial charge in [-0.25, -0.2) is 4.79 Å². The van der Waals surface area contributed by atoms with E-state index in [9.17, 15) is 14.4 Å². The van der Waals surface area contributed by atoms with Crippen molar-refractivity contribution in [1.82, 2.24) is 5.32 Å². The molecule has 1 saturated carbocycles. The van der Waals surface area contributed by atoms with Gasteiger partial charge in [0.2, 0.25) is 0 Å².